The zero-order valence-corrected chi connectivity index (χ0v) is 12.8. The summed E-state index contributed by atoms with van der Waals surface area (Å²) in [6.45, 7) is 0.418. The first kappa shape index (κ1) is 13.9. The van der Waals surface area contributed by atoms with E-state index < -0.39 is 10.0 Å². The quantitative estimate of drug-likeness (QED) is 0.880. The van der Waals surface area contributed by atoms with Crippen LogP contribution < -0.4 is 4.72 Å². The number of nitrogens with zero attached hydrogens (tertiary/aromatic N) is 2. The molecule has 0 spiro atoms. The van der Waals surface area contributed by atoms with Crippen molar-refractivity contribution in [1.29, 1.82) is 0 Å². The molecule has 7 heteroatoms. The van der Waals surface area contributed by atoms with Crippen molar-refractivity contribution in [1.82, 2.24) is 14.7 Å². The van der Waals surface area contributed by atoms with Crippen molar-refractivity contribution in [3.05, 3.63) is 42.2 Å². The first-order valence-electron chi connectivity index (χ1n) is 7.49. The molecule has 4 rings (SSSR count). The van der Waals surface area contributed by atoms with Crippen molar-refractivity contribution < 1.29 is 12.8 Å². The summed E-state index contributed by atoms with van der Waals surface area (Å²) in [5.41, 5.74) is 1.17. The van der Waals surface area contributed by atoms with Gasteiger partial charge in [0, 0.05) is 24.9 Å². The van der Waals surface area contributed by atoms with Crippen molar-refractivity contribution in [2.45, 2.75) is 36.2 Å². The van der Waals surface area contributed by atoms with Gasteiger partial charge in [0.25, 0.3) is 15.1 Å². The molecule has 0 saturated heterocycles. The average molecular weight is 319 g/mol. The summed E-state index contributed by atoms with van der Waals surface area (Å²) in [4.78, 5) is 8.16. The Kier molecular flexibility index (Phi) is 3.27. The van der Waals surface area contributed by atoms with Crippen LogP contribution >= 0.6 is 0 Å². The molecular formula is C15H17N3O3S. The Morgan fingerprint density at radius 1 is 1.32 bits per heavy atom. The second kappa shape index (κ2) is 5.17. The van der Waals surface area contributed by atoms with E-state index >= 15 is 0 Å². The van der Waals surface area contributed by atoms with Crippen LogP contribution in [0.15, 0.2) is 40.2 Å². The third kappa shape index (κ3) is 2.78. The number of oxazole rings is 1. The normalized spacial score (nSPS) is 24.4. The zero-order valence-electron chi connectivity index (χ0n) is 12.0. The fourth-order valence-electron chi connectivity index (χ4n) is 2.68. The molecule has 2 fully saturated rings. The van der Waals surface area contributed by atoms with Crippen molar-refractivity contribution in [2.75, 3.05) is 6.54 Å². The molecule has 0 bridgehead atoms. The van der Waals surface area contributed by atoms with Gasteiger partial charge in [0.2, 0.25) is 0 Å². The van der Waals surface area contributed by atoms with Gasteiger partial charge in [-0.2, -0.15) is 0 Å². The van der Waals surface area contributed by atoms with Crippen LogP contribution in [-0.2, 0) is 10.0 Å². The van der Waals surface area contributed by atoms with Gasteiger partial charge in [0.15, 0.2) is 5.89 Å². The molecule has 1 N–H and O–H groups in total. The largest absolute Gasteiger partial charge is 0.428 e. The van der Waals surface area contributed by atoms with E-state index in [0.29, 0.717) is 30.2 Å². The van der Waals surface area contributed by atoms with Gasteiger partial charge in [0.05, 0.1) is 6.20 Å². The third-order valence-corrected chi connectivity index (χ3v) is 5.53. The molecule has 2 heterocycles. The first-order chi connectivity index (χ1) is 10.6. The average Bonchev–Trinajstić information content (AvgIpc) is 3.45. The Bertz CT molecular complexity index is 768. The lowest BCUT2D eigenvalue weighted by Gasteiger charge is -2.03. The fraction of sp³-hybridized carbons (Fsp3) is 0.467. The molecule has 0 aromatic carbocycles. The van der Waals surface area contributed by atoms with Gasteiger partial charge in [-0.15, -0.1) is 0 Å². The van der Waals surface area contributed by atoms with Crippen molar-refractivity contribution in [3.8, 4) is 0 Å². The van der Waals surface area contributed by atoms with E-state index in [9.17, 15) is 8.42 Å². The highest BCUT2D eigenvalue weighted by atomic mass is 32.2. The van der Waals surface area contributed by atoms with E-state index in [-0.39, 0.29) is 5.09 Å². The molecule has 0 aliphatic heterocycles. The number of aromatic nitrogens is 2. The first-order valence-corrected chi connectivity index (χ1v) is 8.97. The van der Waals surface area contributed by atoms with E-state index in [1.807, 2.05) is 18.3 Å². The van der Waals surface area contributed by atoms with Crippen LogP contribution in [-0.4, -0.2) is 24.9 Å². The lowest BCUT2D eigenvalue weighted by molar-refractivity contribution is 0.405. The molecule has 2 aromatic heterocycles. The van der Waals surface area contributed by atoms with Crippen molar-refractivity contribution in [3.63, 3.8) is 0 Å². The van der Waals surface area contributed by atoms with Crippen LogP contribution in [0.4, 0.5) is 0 Å². The Labute approximate surface area is 129 Å². The fourth-order valence-corrected chi connectivity index (χ4v) is 3.64. The van der Waals surface area contributed by atoms with Gasteiger partial charge in [-0.05, 0) is 42.7 Å². The van der Waals surface area contributed by atoms with Gasteiger partial charge < -0.3 is 4.42 Å². The van der Waals surface area contributed by atoms with Crippen molar-refractivity contribution >= 4 is 10.0 Å². The minimum absolute atomic E-state index is 0.0759. The minimum atomic E-state index is -3.60. The highest BCUT2D eigenvalue weighted by Crippen LogP contribution is 2.46. The maximum Gasteiger partial charge on any atom is 0.275 e. The number of nitrogens with one attached hydrogen (secondary N) is 1. The molecule has 2 saturated carbocycles. The molecule has 116 valence electrons. The topological polar surface area (TPSA) is 85.1 Å². The van der Waals surface area contributed by atoms with E-state index in [1.165, 1.54) is 11.8 Å². The predicted octanol–water partition coefficient (Wildman–Crippen LogP) is 2.03. The molecule has 2 aliphatic rings. The molecule has 2 atom stereocenters. The van der Waals surface area contributed by atoms with Gasteiger partial charge >= 0.3 is 0 Å². The molecule has 2 aliphatic carbocycles. The summed E-state index contributed by atoms with van der Waals surface area (Å²) in [6.07, 6.45) is 7.94. The summed E-state index contributed by atoms with van der Waals surface area (Å²) >= 11 is 0. The number of rotatable bonds is 6. The minimum Gasteiger partial charge on any atom is -0.428 e. The summed E-state index contributed by atoms with van der Waals surface area (Å²) in [6, 6.07) is 3.94. The summed E-state index contributed by atoms with van der Waals surface area (Å²) in [5, 5.41) is -0.0759. The summed E-state index contributed by atoms with van der Waals surface area (Å²) in [7, 11) is -3.60. The molecule has 2 aromatic rings. The molecule has 0 radical (unpaired) electrons. The Hall–Kier alpha value is -1.73. The van der Waals surface area contributed by atoms with Crippen LogP contribution in [0.5, 0.6) is 0 Å². The predicted molar refractivity (Wildman–Crippen MR) is 78.8 cm³/mol. The summed E-state index contributed by atoms with van der Waals surface area (Å²) in [5.74, 6) is 1.57. The number of pyridine rings is 1. The third-order valence-electron chi connectivity index (χ3n) is 4.26. The molecule has 0 amide bonds. The molecule has 0 unspecified atom stereocenters. The maximum atomic E-state index is 12.2. The molecular weight excluding hydrogens is 302 g/mol. The van der Waals surface area contributed by atoms with Crippen LogP contribution in [0, 0.1) is 5.92 Å². The van der Waals surface area contributed by atoms with Crippen LogP contribution in [0.1, 0.15) is 42.6 Å². The Balaban J connectivity index is 1.37. The smallest absolute Gasteiger partial charge is 0.275 e. The second-order valence-electron chi connectivity index (χ2n) is 6.03. The zero-order chi connectivity index (χ0) is 15.2. The van der Waals surface area contributed by atoms with E-state index in [4.69, 9.17) is 4.42 Å². The number of sulfonamides is 1. The van der Waals surface area contributed by atoms with E-state index in [0.717, 1.165) is 19.3 Å². The number of hydrogen-bond acceptors (Lipinski definition) is 5. The van der Waals surface area contributed by atoms with Gasteiger partial charge in [0.1, 0.15) is 0 Å². The second-order valence-corrected chi connectivity index (χ2v) is 7.73. The lowest BCUT2D eigenvalue weighted by atomic mass is 10.1. The van der Waals surface area contributed by atoms with Crippen LogP contribution in [0.25, 0.3) is 0 Å². The van der Waals surface area contributed by atoms with Gasteiger partial charge in [-0.1, -0.05) is 6.07 Å². The van der Waals surface area contributed by atoms with Gasteiger partial charge in [-0.25, -0.2) is 18.1 Å². The SMILES string of the molecule is O=S(=O)(NC[C@@H]1C[C@H]1c1cccnc1)c1cnc(C2CC2)o1. The Morgan fingerprint density at radius 2 is 2.18 bits per heavy atom. The molecule has 6 nitrogen and oxygen atoms in total. The van der Waals surface area contributed by atoms with Crippen LogP contribution in [0.3, 0.4) is 0 Å². The van der Waals surface area contributed by atoms with Crippen molar-refractivity contribution in [2.24, 2.45) is 5.92 Å². The monoisotopic (exact) mass is 319 g/mol. The molecule has 22 heavy (non-hydrogen) atoms. The maximum absolute atomic E-state index is 12.2. The highest BCUT2D eigenvalue weighted by molar-refractivity contribution is 7.89. The Morgan fingerprint density at radius 3 is 2.91 bits per heavy atom. The highest BCUT2D eigenvalue weighted by Gasteiger charge is 2.39. The number of hydrogen-bond donors (Lipinski definition) is 1. The van der Waals surface area contributed by atoms with E-state index in [2.05, 4.69) is 14.7 Å². The van der Waals surface area contributed by atoms with Crippen LogP contribution in [0.2, 0.25) is 0 Å². The standard InChI is InChI=1S/C15H17N3O3S/c19-22(20,14-9-17-15(21-14)10-3-4-10)18-8-12-6-13(12)11-2-1-5-16-7-11/h1-2,5,7,9-10,12-13,18H,3-4,6,8H2/t12-,13-/m0/s1. The van der Waals surface area contributed by atoms with Gasteiger partial charge in [-0.3, -0.25) is 4.98 Å². The van der Waals surface area contributed by atoms with E-state index in [1.54, 1.807) is 6.20 Å². The summed E-state index contributed by atoms with van der Waals surface area (Å²) < 4.78 is 32.4. The lowest BCUT2D eigenvalue weighted by Crippen LogP contribution is -2.25.